The smallest absolute Gasteiger partial charge is 0.261 e. The van der Waals surface area contributed by atoms with Gasteiger partial charge in [-0.1, -0.05) is 12.1 Å². The van der Waals surface area contributed by atoms with Crippen molar-refractivity contribution in [3.63, 3.8) is 0 Å². The molecule has 0 saturated heterocycles. The normalized spacial score (nSPS) is 11.2. The molecule has 22 heavy (non-hydrogen) atoms. The van der Waals surface area contributed by atoms with E-state index in [-0.39, 0.29) is 5.91 Å². The van der Waals surface area contributed by atoms with Crippen molar-refractivity contribution in [2.24, 2.45) is 4.99 Å². The third-order valence-corrected chi connectivity index (χ3v) is 4.66. The van der Waals surface area contributed by atoms with Gasteiger partial charge in [0.1, 0.15) is 0 Å². The SMILES string of the molecule is CN=C(NCCCNC(=O)c1cccs1)NCc1cccs1. The third kappa shape index (κ3) is 5.50. The average molecular weight is 336 g/mol. The summed E-state index contributed by atoms with van der Waals surface area (Å²) < 4.78 is 0. The molecule has 3 N–H and O–H groups in total. The molecule has 1 amide bonds. The predicted molar refractivity (Wildman–Crippen MR) is 93.8 cm³/mol. The van der Waals surface area contributed by atoms with Crippen molar-refractivity contribution in [3.05, 3.63) is 44.8 Å². The first-order valence-electron chi connectivity index (χ1n) is 7.08. The Balaban J connectivity index is 1.57. The Kier molecular flexibility index (Phi) is 6.92. The molecule has 0 aliphatic rings. The average Bonchev–Trinajstić information content (AvgIpc) is 3.23. The van der Waals surface area contributed by atoms with Crippen LogP contribution in [0.1, 0.15) is 21.0 Å². The Labute approximate surface area is 138 Å². The van der Waals surface area contributed by atoms with E-state index in [1.807, 2.05) is 23.6 Å². The lowest BCUT2D eigenvalue weighted by atomic mass is 10.4. The van der Waals surface area contributed by atoms with E-state index < -0.39 is 0 Å². The van der Waals surface area contributed by atoms with E-state index in [4.69, 9.17) is 0 Å². The molecule has 0 spiro atoms. The first-order chi connectivity index (χ1) is 10.8. The third-order valence-electron chi connectivity index (χ3n) is 2.91. The number of thiophene rings is 2. The number of nitrogens with one attached hydrogen (secondary N) is 3. The molecule has 0 saturated carbocycles. The van der Waals surface area contributed by atoms with Gasteiger partial charge in [-0.25, -0.2) is 0 Å². The fraction of sp³-hybridized carbons (Fsp3) is 0.333. The highest BCUT2D eigenvalue weighted by molar-refractivity contribution is 7.12. The Bertz CT molecular complexity index is 579. The van der Waals surface area contributed by atoms with Gasteiger partial charge in [-0.05, 0) is 29.3 Å². The molecule has 0 radical (unpaired) electrons. The van der Waals surface area contributed by atoms with Gasteiger partial charge in [-0.3, -0.25) is 9.79 Å². The number of carbonyl (C=O) groups is 1. The van der Waals surface area contributed by atoms with E-state index in [0.717, 1.165) is 30.3 Å². The van der Waals surface area contributed by atoms with Crippen LogP contribution < -0.4 is 16.0 Å². The van der Waals surface area contributed by atoms with Crippen LogP contribution in [-0.4, -0.2) is 32.0 Å². The molecule has 2 aromatic heterocycles. The molecule has 0 bridgehead atoms. The topological polar surface area (TPSA) is 65.5 Å². The van der Waals surface area contributed by atoms with E-state index in [1.165, 1.54) is 16.2 Å². The second kappa shape index (κ2) is 9.22. The zero-order valence-electron chi connectivity index (χ0n) is 12.5. The van der Waals surface area contributed by atoms with Gasteiger partial charge < -0.3 is 16.0 Å². The van der Waals surface area contributed by atoms with Crippen LogP contribution in [0.2, 0.25) is 0 Å². The van der Waals surface area contributed by atoms with Crippen LogP contribution in [0.4, 0.5) is 0 Å². The van der Waals surface area contributed by atoms with E-state index in [9.17, 15) is 4.79 Å². The first-order valence-corrected chi connectivity index (χ1v) is 8.84. The minimum atomic E-state index is -0.00444. The van der Waals surface area contributed by atoms with Crippen LogP contribution in [0.3, 0.4) is 0 Å². The molecule has 0 aromatic carbocycles. The molecule has 0 unspecified atom stereocenters. The summed E-state index contributed by atoms with van der Waals surface area (Å²) in [6.45, 7) is 2.17. The molecular formula is C15H20N4OS2. The highest BCUT2D eigenvalue weighted by atomic mass is 32.1. The zero-order chi connectivity index (χ0) is 15.6. The quantitative estimate of drug-likeness (QED) is 0.413. The zero-order valence-corrected chi connectivity index (χ0v) is 14.1. The number of nitrogens with zero attached hydrogens (tertiary/aromatic N) is 1. The Morgan fingerprint density at radius 1 is 1.09 bits per heavy atom. The first kappa shape index (κ1) is 16.5. The molecule has 2 aromatic rings. The molecular weight excluding hydrogens is 316 g/mol. The van der Waals surface area contributed by atoms with Crippen LogP contribution in [0.15, 0.2) is 40.0 Å². The van der Waals surface area contributed by atoms with Gasteiger partial charge in [0.2, 0.25) is 0 Å². The van der Waals surface area contributed by atoms with E-state index >= 15 is 0 Å². The lowest BCUT2D eigenvalue weighted by Gasteiger charge is -2.11. The Morgan fingerprint density at radius 2 is 1.86 bits per heavy atom. The summed E-state index contributed by atoms with van der Waals surface area (Å²) in [5.41, 5.74) is 0. The van der Waals surface area contributed by atoms with Crippen LogP contribution in [0.25, 0.3) is 0 Å². The summed E-state index contributed by atoms with van der Waals surface area (Å²) >= 11 is 3.17. The van der Waals surface area contributed by atoms with Crippen molar-refractivity contribution in [1.29, 1.82) is 0 Å². The van der Waals surface area contributed by atoms with Gasteiger partial charge >= 0.3 is 0 Å². The summed E-state index contributed by atoms with van der Waals surface area (Å²) in [4.78, 5) is 17.9. The molecule has 0 aliphatic carbocycles. The maximum Gasteiger partial charge on any atom is 0.261 e. The van der Waals surface area contributed by atoms with Gasteiger partial charge in [0.25, 0.3) is 5.91 Å². The van der Waals surface area contributed by atoms with E-state index in [1.54, 1.807) is 18.4 Å². The van der Waals surface area contributed by atoms with Crippen molar-refractivity contribution in [1.82, 2.24) is 16.0 Å². The standard InChI is InChI=1S/C15H20N4OS2/c1-16-15(19-11-12-5-2-9-21-12)18-8-4-7-17-14(20)13-6-3-10-22-13/h2-3,5-6,9-10H,4,7-8,11H2,1H3,(H,17,20)(H2,16,18,19). The summed E-state index contributed by atoms with van der Waals surface area (Å²) in [5, 5.41) is 13.4. The van der Waals surface area contributed by atoms with E-state index in [0.29, 0.717) is 6.54 Å². The Hall–Kier alpha value is -1.86. The van der Waals surface area contributed by atoms with Crippen LogP contribution in [0.5, 0.6) is 0 Å². The van der Waals surface area contributed by atoms with Crippen molar-refractivity contribution >= 4 is 34.5 Å². The van der Waals surface area contributed by atoms with Gasteiger partial charge in [0.05, 0.1) is 11.4 Å². The van der Waals surface area contributed by atoms with E-state index in [2.05, 4.69) is 32.4 Å². The number of hydrogen-bond acceptors (Lipinski definition) is 4. The maximum atomic E-state index is 11.7. The molecule has 2 rings (SSSR count). The highest BCUT2D eigenvalue weighted by Gasteiger charge is 2.04. The largest absolute Gasteiger partial charge is 0.356 e. The van der Waals surface area contributed by atoms with Gasteiger partial charge in [0, 0.05) is 25.0 Å². The Morgan fingerprint density at radius 3 is 2.55 bits per heavy atom. The molecule has 0 fully saturated rings. The lowest BCUT2D eigenvalue weighted by Crippen LogP contribution is -2.38. The number of amides is 1. The number of hydrogen-bond donors (Lipinski definition) is 3. The fourth-order valence-electron chi connectivity index (χ4n) is 1.80. The molecule has 118 valence electrons. The monoisotopic (exact) mass is 336 g/mol. The summed E-state index contributed by atoms with van der Waals surface area (Å²) in [5.74, 6) is 0.771. The maximum absolute atomic E-state index is 11.7. The number of carbonyl (C=O) groups excluding carboxylic acids is 1. The molecule has 5 nitrogen and oxygen atoms in total. The van der Waals surface area contributed by atoms with Gasteiger partial charge in [0.15, 0.2) is 5.96 Å². The molecule has 7 heteroatoms. The molecule has 2 heterocycles. The summed E-state index contributed by atoms with van der Waals surface area (Å²) in [6, 6.07) is 7.83. The summed E-state index contributed by atoms with van der Waals surface area (Å²) in [6.07, 6.45) is 0.844. The van der Waals surface area contributed by atoms with Crippen LogP contribution in [0, 0.1) is 0 Å². The highest BCUT2D eigenvalue weighted by Crippen LogP contribution is 2.08. The lowest BCUT2D eigenvalue weighted by molar-refractivity contribution is 0.0957. The predicted octanol–water partition coefficient (Wildman–Crippen LogP) is 2.29. The molecule has 0 atom stereocenters. The van der Waals surface area contributed by atoms with Crippen LogP contribution in [-0.2, 0) is 6.54 Å². The van der Waals surface area contributed by atoms with Crippen molar-refractivity contribution in [3.8, 4) is 0 Å². The van der Waals surface area contributed by atoms with Gasteiger partial charge in [-0.2, -0.15) is 0 Å². The summed E-state index contributed by atoms with van der Waals surface area (Å²) in [7, 11) is 1.75. The number of rotatable bonds is 7. The van der Waals surface area contributed by atoms with Crippen molar-refractivity contribution in [2.75, 3.05) is 20.1 Å². The van der Waals surface area contributed by atoms with Crippen molar-refractivity contribution in [2.45, 2.75) is 13.0 Å². The fourth-order valence-corrected chi connectivity index (χ4v) is 3.08. The van der Waals surface area contributed by atoms with Crippen LogP contribution >= 0.6 is 22.7 Å². The van der Waals surface area contributed by atoms with Gasteiger partial charge in [-0.15, -0.1) is 22.7 Å². The number of aliphatic imine (C=N–C) groups is 1. The van der Waals surface area contributed by atoms with Crippen molar-refractivity contribution < 1.29 is 4.79 Å². The minimum absolute atomic E-state index is 0.00444. The second-order valence-corrected chi connectivity index (χ2v) is 6.50. The number of guanidine groups is 1. The second-order valence-electron chi connectivity index (χ2n) is 4.52. The molecule has 0 aliphatic heterocycles. The minimum Gasteiger partial charge on any atom is -0.356 e.